The van der Waals surface area contributed by atoms with Crippen LogP contribution in [0.15, 0.2) is 12.1 Å². The van der Waals surface area contributed by atoms with E-state index in [9.17, 15) is 9.59 Å². The molecule has 1 aromatic rings. The van der Waals surface area contributed by atoms with Crippen LogP contribution in [-0.4, -0.2) is 35.6 Å². The molecule has 1 aliphatic rings. The average molecular weight is 335 g/mol. The Balaban J connectivity index is 2.24. The number of hydrogen-bond acceptors (Lipinski definition) is 6. The average Bonchev–Trinajstić information content (AvgIpc) is 2.53. The molecule has 7 heteroatoms. The van der Waals surface area contributed by atoms with Crippen molar-refractivity contribution in [2.75, 3.05) is 17.2 Å². The van der Waals surface area contributed by atoms with E-state index in [0.29, 0.717) is 24.7 Å². The van der Waals surface area contributed by atoms with Crippen LogP contribution >= 0.6 is 0 Å². The topological polar surface area (TPSA) is 94.8 Å². The van der Waals surface area contributed by atoms with E-state index in [4.69, 9.17) is 15.2 Å². The monoisotopic (exact) mass is 335 g/mol. The third kappa shape index (κ3) is 3.77. The summed E-state index contributed by atoms with van der Waals surface area (Å²) in [6.45, 7) is 7.91. The van der Waals surface area contributed by atoms with Crippen LogP contribution in [0.4, 0.5) is 11.6 Å². The molecule has 0 bridgehead atoms. The minimum absolute atomic E-state index is 0.255. The van der Waals surface area contributed by atoms with Crippen LogP contribution in [0.25, 0.3) is 0 Å². The number of anilines is 2. The van der Waals surface area contributed by atoms with E-state index in [1.165, 1.54) is 4.90 Å². The summed E-state index contributed by atoms with van der Waals surface area (Å²) in [6.07, 6.45) is 0.622. The number of hydrogen-bond donors (Lipinski definition) is 1. The van der Waals surface area contributed by atoms with Crippen LogP contribution in [0, 0.1) is 5.92 Å². The van der Waals surface area contributed by atoms with Crippen molar-refractivity contribution in [1.82, 2.24) is 4.98 Å². The molecule has 0 saturated carbocycles. The van der Waals surface area contributed by atoms with Crippen molar-refractivity contribution in [3.63, 3.8) is 0 Å². The fraction of sp³-hybridized carbons (Fsp3) is 0.588. The van der Waals surface area contributed by atoms with Crippen molar-refractivity contribution in [2.24, 2.45) is 5.92 Å². The molecule has 7 nitrogen and oxygen atoms in total. The molecule has 0 radical (unpaired) electrons. The summed E-state index contributed by atoms with van der Waals surface area (Å²) in [5.74, 6) is 0.623. The van der Waals surface area contributed by atoms with Crippen LogP contribution in [0.1, 0.15) is 40.5 Å². The van der Waals surface area contributed by atoms with E-state index < -0.39 is 18.1 Å². The highest BCUT2D eigenvalue weighted by molar-refractivity contribution is 6.03. The van der Waals surface area contributed by atoms with Gasteiger partial charge in [-0.1, -0.05) is 20.8 Å². The Morgan fingerprint density at radius 1 is 1.42 bits per heavy atom. The smallest absolute Gasteiger partial charge is 0.329 e. The fourth-order valence-corrected chi connectivity index (χ4v) is 2.43. The zero-order valence-electron chi connectivity index (χ0n) is 14.6. The standard InChI is InChI=1S/C17H25N3O4/c1-5-12-16(21)20(11(4)17(22)23-9-8-10(2)3)15-13(24-12)6-7-14(18)19-15/h6-7,10-12H,5,8-9H2,1-4H3,(H2,18,19). The maximum absolute atomic E-state index is 12.7. The third-order valence-electron chi connectivity index (χ3n) is 3.91. The first kappa shape index (κ1) is 18.0. The first-order valence-corrected chi connectivity index (χ1v) is 8.28. The van der Waals surface area contributed by atoms with Crippen molar-refractivity contribution in [3.8, 4) is 5.75 Å². The van der Waals surface area contributed by atoms with Crippen LogP contribution in [-0.2, 0) is 14.3 Å². The van der Waals surface area contributed by atoms with Gasteiger partial charge >= 0.3 is 5.97 Å². The zero-order chi connectivity index (χ0) is 17.9. The van der Waals surface area contributed by atoms with Crippen LogP contribution < -0.4 is 15.4 Å². The molecule has 0 spiro atoms. The van der Waals surface area contributed by atoms with Crippen molar-refractivity contribution in [1.29, 1.82) is 0 Å². The van der Waals surface area contributed by atoms with Crippen molar-refractivity contribution < 1.29 is 19.1 Å². The highest BCUT2D eigenvalue weighted by Crippen LogP contribution is 2.35. The largest absolute Gasteiger partial charge is 0.477 e. The minimum Gasteiger partial charge on any atom is -0.477 e. The summed E-state index contributed by atoms with van der Waals surface area (Å²) in [7, 11) is 0. The minimum atomic E-state index is -0.796. The Morgan fingerprint density at radius 3 is 2.75 bits per heavy atom. The number of nitrogens with two attached hydrogens (primary N) is 1. The SMILES string of the molecule is CCC1Oc2ccc(N)nc2N(C(C)C(=O)OCCC(C)C)C1=O. The second kappa shape index (κ2) is 7.51. The maximum Gasteiger partial charge on any atom is 0.329 e. The number of rotatable bonds is 6. The fourth-order valence-electron chi connectivity index (χ4n) is 2.43. The number of aromatic nitrogens is 1. The van der Waals surface area contributed by atoms with Gasteiger partial charge in [-0.3, -0.25) is 9.69 Å². The number of esters is 1. The van der Waals surface area contributed by atoms with Gasteiger partial charge in [-0.05, 0) is 37.8 Å². The molecule has 2 N–H and O–H groups in total. The highest BCUT2D eigenvalue weighted by Gasteiger charge is 2.40. The lowest BCUT2D eigenvalue weighted by Crippen LogP contribution is -2.53. The summed E-state index contributed by atoms with van der Waals surface area (Å²) in [6, 6.07) is 2.47. The van der Waals surface area contributed by atoms with Crippen molar-refractivity contribution in [3.05, 3.63) is 12.1 Å². The predicted molar refractivity (Wildman–Crippen MR) is 90.7 cm³/mol. The van der Waals surface area contributed by atoms with Crippen LogP contribution in [0.3, 0.4) is 0 Å². The summed E-state index contributed by atoms with van der Waals surface area (Å²) in [5.41, 5.74) is 5.73. The Kier molecular flexibility index (Phi) is 5.64. The molecule has 132 valence electrons. The van der Waals surface area contributed by atoms with Gasteiger partial charge in [0.2, 0.25) is 0 Å². The van der Waals surface area contributed by atoms with E-state index in [1.807, 2.05) is 6.92 Å². The lowest BCUT2D eigenvalue weighted by Gasteiger charge is -2.35. The van der Waals surface area contributed by atoms with Crippen molar-refractivity contribution in [2.45, 2.75) is 52.7 Å². The number of amides is 1. The van der Waals surface area contributed by atoms with Gasteiger partial charge in [-0.25, -0.2) is 9.78 Å². The summed E-state index contributed by atoms with van der Waals surface area (Å²) in [4.78, 5) is 30.5. The molecular weight excluding hydrogens is 310 g/mol. The van der Waals surface area contributed by atoms with Gasteiger partial charge in [0.15, 0.2) is 17.7 Å². The van der Waals surface area contributed by atoms with Gasteiger partial charge < -0.3 is 15.2 Å². The molecule has 0 aromatic carbocycles. The Morgan fingerprint density at radius 2 is 2.12 bits per heavy atom. The first-order valence-electron chi connectivity index (χ1n) is 8.28. The van der Waals surface area contributed by atoms with E-state index >= 15 is 0 Å². The van der Waals surface area contributed by atoms with Crippen LogP contribution in [0.5, 0.6) is 5.75 Å². The molecule has 24 heavy (non-hydrogen) atoms. The van der Waals surface area contributed by atoms with Gasteiger partial charge in [0.25, 0.3) is 5.91 Å². The van der Waals surface area contributed by atoms with Gasteiger partial charge in [0, 0.05) is 0 Å². The Labute approximate surface area is 142 Å². The van der Waals surface area contributed by atoms with Gasteiger partial charge in [0.05, 0.1) is 6.61 Å². The van der Waals surface area contributed by atoms with E-state index in [-0.39, 0.29) is 17.5 Å². The molecule has 1 aliphatic heterocycles. The van der Waals surface area contributed by atoms with E-state index in [0.717, 1.165) is 6.42 Å². The summed E-state index contributed by atoms with van der Waals surface area (Å²) >= 11 is 0. The molecule has 2 heterocycles. The van der Waals surface area contributed by atoms with Gasteiger partial charge in [0.1, 0.15) is 11.9 Å². The normalized spacial score (nSPS) is 18.1. The number of carbonyl (C=O) groups is 2. The first-order chi connectivity index (χ1) is 11.3. The molecule has 0 saturated heterocycles. The van der Waals surface area contributed by atoms with E-state index in [1.54, 1.807) is 19.1 Å². The second-order valence-electron chi connectivity index (χ2n) is 6.31. The van der Waals surface area contributed by atoms with Crippen LogP contribution in [0.2, 0.25) is 0 Å². The van der Waals surface area contributed by atoms with Gasteiger partial charge in [-0.2, -0.15) is 0 Å². The number of nitrogens with zero attached hydrogens (tertiary/aromatic N) is 2. The summed E-state index contributed by atoms with van der Waals surface area (Å²) in [5, 5.41) is 0. The number of pyridine rings is 1. The number of fused-ring (bicyclic) bond motifs is 1. The second-order valence-corrected chi connectivity index (χ2v) is 6.31. The summed E-state index contributed by atoms with van der Waals surface area (Å²) < 4.78 is 11.0. The molecule has 0 fully saturated rings. The molecule has 2 rings (SSSR count). The van der Waals surface area contributed by atoms with Gasteiger partial charge in [-0.15, -0.1) is 0 Å². The molecule has 1 aromatic heterocycles. The lowest BCUT2D eigenvalue weighted by molar-refractivity contribution is -0.147. The molecular formula is C17H25N3O4. The highest BCUT2D eigenvalue weighted by atomic mass is 16.5. The van der Waals surface area contributed by atoms with Crippen molar-refractivity contribution >= 4 is 23.5 Å². The molecule has 0 aliphatic carbocycles. The Hall–Kier alpha value is -2.31. The lowest BCUT2D eigenvalue weighted by atomic mass is 10.1. The third-order valence-corrected chi connectivity index (χ3v) is 3.91. The predicted octanol–water partition coefficient (Wildman–Crippen LogP) is 2.15. The molecule has 2 atom stereocenters. The Bertz CT molecular complexity index is 618. The number of nitrogen functional groups attached to an aromatic ring is 1. The quantitative estimate of drug-likeness (QED) is 0.800. The molecule has 2 unspecified atom stereocenters. The number of carbonyl (C=O) groups excluding carboxylic acids is 2. The maximum atomic E-state index is 12.7. The number of ether oxygens (including phenoxy) is 2. The molecule has 1 amide bonds. The van der Waals surface area contributed by atoms with E-state index in [2.05, 4.69) is 18.8 Å². The zero-order valence-corrected chi connectivity index (χ0v) is 14.6.